The third kappa shape index (κ3) is 1.95. The van der Waals surface area contributed by atoms with Gasteiger partial charge in [0.1, 0.15) is 12.0 Å². The molecule has 0 bridgehead atoms. The average Bonchev–Trinajstić information content (AvgIpc) is 2.15. The molecule has 0 spiro atoms. The zero-order chi connectivity index (χ0) is 6.69. The van der Waals surface area contributed by atoms with E-state index in [4.69, 9.17) is 4.55 Å². The van der Waals surface area contributed by atoms with Gasteiger partial charge in [0, 0.05) is 0 Å². The molecule has 0 amide bonds. The Morgan fingerprint density at radius 1 is 1.89 bits per heavy atom. The SMILES string of the molecule is O=S(O)Cc1ncco1. The molecule has 1 aromatic heterocycles. The van der Waals surface area contributed by atoms with Crippen molar-refractivity contribution in [3.8, 4) is 0 Å². The number of oxazole rings is 1. The van der Waals surface area contributed by atoms with Gasteiger partial charge in [0.25, 0.3) is 0 Å². The summed E-state index contributed by atoms with van der Waals surface area (Å²) in [5.41, 5.74) is 0. The highest BCUT2D eigenvalue weighted by Gasteiger charge is 1.99. The highest BCUT2D eigenvalue weighted by Crippen LogP contribution is 1.96. The van der Waals surface area contributed by atoms with Crippen LogP contribution in [0.1, 0.15) is 5.89 Å². The lowest BCUT2D eigenvalue weighted by molar-refractivity contribution is 0.502. The minimum Gasteiger partial charge on any atom is -0.448 e. The Bertz CT molecular complexity index is 196. The Kier molecular flexibility index (Phi) is 1.96. The van der Waals surface area contributed by atoms with Crippen molar-refractivity contribution in [2.45, 2.75) is 5.75 Å². The van der Waals surface area contributed by atoms with E-state index in [1.807, 2.05) is 0 Å². The molecule has 1 atom stereocenters. The first-order valence-electron chi connectivity index (χ1n) is 2.25. The summed E-state index contributed by atoms with van der Waals surface area (Å²) in [7, 11) is 0. The summed E-state index contributed by atoms with van der Waals surface area (Å²) in [4.78, 5) is 3.64. The molecular weight excluding hydrogens is 142 g/mol. The van der Waals surface area contributed by atoms with Crippen LogP contribution in [-0.2, 0) is 16.8 Å². The largest absolute Gasteiger partial charge is 0.448 e. The van der Waals surface area contributed by atoms with Gasteiger partial charge in [-0.1, -0.05) is 0 Å². The monoisotopic (exact) mass is 147 g/mol. The standard InChI is InChI=1S/C4H5NO3S/c6-9(7)3-4-5-1-2-8-4/h1-2H,3H2,(H,6,7). The molecule has 1 rings (SSSR count). The second kappa shape index (κ2) is 2.75. The van der Waals surface area contributed by atoms with Crippen molar-refractivity contribution >= 4 is 11.1 Å². The van der Waals surface area contributed by atoms with E-state index in [0.717, 1.165) is 0 Å². The Morgan fingerprint density at radius 2 is 2.67 bits per heavy atom. The topological polar surface area (TPSA) is 63.3 Å². The second-order valence-electron chi connectivity index (χ2n) is 1.39. The van der Waals surface area contributed by atoms with Crippen molar-refractivity contribution in [1.82, 2.24) is 4.98 Å². The van der Waals surface area contributed by atoms with Crippen LogP contribution in [0.25, 0.3) is 0 Å². The van der Waals surface area contributed by atoms with Crippen molar-refractivity contribution < 1.29 is 13.2 Å². The molecule has 1 aromatic rings. The Morgan fingerprint density at radius 3 is 3.11 bits per heavy atom. The van der Waals surface area contributed by atoms with Gasteiger partial charge in [-0.2, -0.15) is 0 Å². The summed E-state index contributed by atoms with van der Waals surface area (Å²) in [5, 5.41) is 0. The van der Waals surface area contributed by atoms with E-state index >= 15 is 0 Å². The average molecular weight is 147 g/mol. The van der Waals surface area contributed by atoms with Crippen LogP contribution in [0.3, 0.4) is 0 Å². The van der Waals surface area contributed by atoms with E-state index in [9.17, 15) is 4.21 Å². The summed E-state index contributed by atoms with van der Waals surface area (Å²) in [6, 6.07) is 0. The lowest BCUT2D eigenvalue weighted by Gasteiger charge is -1.84. The quantitative estimate of drug-likeness (QED) is 0.615. The molecule has 0 aliphatic heterocycles. The fraction of sp³-hybridized carbons (Fsp3) is 0.250. The minimum atomic E-state index is -1.85. The predicted octanol–water partition coefficient (Wildman–Crippen LogP) is 0.396. The molecule has 1 N–H and O–H groups in total. The lowest BCUT2D eigenvalue weighted by Crippen LogP contribution is -1.91. The smallest absolute Gasteiger partial charge is 0.208 e. The second-order valence-corrected chi connectivity index (χ2v) is 2.32. The minimum absolute atomic E-state index is 0.0347. The molecule has 9 heavy (non-hydrogen) atoms. The van der Waals surface area contributed by atoms with Crippen LogP contribution in [-0.4, -0.2) is 13.7 Å². The number of rotatable bonds is 2. The van der Waals surface area contributed by atoms with Crippen LogP contribution in [0.15, 0.2) is 16.9 Å². The first kappa shape index (κ1) is 6.44. The Labute approximate surface area is 54.2 Å². The number of aromatic nitrogens is 1. The fourth-order valence-electron chi connectivity index (χ4n) is 0.430. The van der Waals surface area contributed by atoms with Crippen LogP contribution in [0, 0.1) is 0 Å². The Balaban J connectivity index is 2.58. The van der Waals surface area contributed by atoms with Gasteiger partial charge >= 0.3 is 0 Å². The molecular formula is C4H5NO3S. The summed E-state index contributed by atoms with van der Waals surface area (Å²) >= 11 is -1.85. The van der Waals surface area contributed by atoms with Crippen molar-refractivity contribution in [2.75, 3.05) is 0 Å². The van der Waals surface area contributed by atoms with Crippen molar-refractivity contribution in [3.05, 3.63) is 18.4 Å². The maximum absolute atomic E-state index is 10.1. The number of hydrogen-bond acceptors (Lipinski definition) is 3. The summed E-state index contributed by atoms with van der Waals surface area (Å²) in [6.45, 7) is 0. The molecule has 0 aliphatic carbocycles. The van der Waals surface area contributed by atoms with E-state index < -0.39 is 11.1 Å². The zero-order valence-electron chi connectivity index (χ0n) is 4.48. The van der Waals surface area contributed by atoms with Crippen LogP contribution >= 0.6 is 0 Å². The summed E-state index contributed by atoms with van der Waals surface area (Å²) in [6.07, 6.45) is 2.80. The molecule has 0 aliphatic rings. The predicted molar refractivity (Wildman–Crippen MR) is 31.0 cm³/mol. The third-order valence-electron chi connectivity index (χ3n) is 0.730. The molecule has 0 saturated carbocycles. The summed E-state index contributed by atoms with van der Waals surface area (Å²) in [5.74, 6) is 0.253. The normalized spacial score (nSPS) is 13.4. The van der Waals surface area contributed by atoms with Gasteiger partial charge < -0.3 is 8.97 Å². The molecule has 1 heterocycles. The molecule has 0 fully saturated rings. The molecule has 4 nitrogen and oxygen atoms in total. The molecule has 0 saturated heterocycles. The highest BCUT2D eigenvalue weighted by atomic mass is 32.2. The maximum atomic E-state index is 10.1. The Hall–Kier alpha value is -0.680. The fourth-order valence-corrected chi connectivity index (χ4v) is 0.784. The van der Waals surface area contributed by atoms with E-state index in [1.54, 1.807) is 0 Å². The lowest BCUT2D eigenvalue weighted by atomic mass is 10.8. The molecule has 1 unspecified atom stereocenters. The van der Waals surface area contributed by atoms with Gasteiger partial charge in [0.05, 0.1) is 6.20 Å². The van der Waals surface area contributed by atoms with Gasteiger partial charge in [-0.15, -0.1) is 0 Å². The first-order chi connectivity index (χ1) is 4.29. The van der Waals surface area contributed by atoms with Crippen LogP contribution < -0.4 is 0 Å². The van der Waals surface area contributed by atoms with E-state index in [2.05, 4.69) is 9.40 Å². The highest BCUT2D eigenvalue weighted by molar-refractivity contribution is 7.78. The van der Waals surface area contributed by atoms with Gasteiger partial charge in [-0.3, -0.25) is 0 Å². The molecule has 5 heteroatoms. The number of hydrogen-bond donors (Lipinski definition) is 1. The van der Waals surface area contributed by atoms with Gasteiger partial charge in [-0.05, 0) is 0 Å². The van der Waals surface area contributed by atoms with Gasteiger partial charge in [-0.25, -0.2) is 9.19 Å². The third-order valence-corrected chi connectivity index (χ3v) is 1.22. The maximum Gasteiger partial charge on any atom is 0.208 e. The van der Waals surface area contributed by atoms with E-state index in [0.29, 0.717) is 0 Å². The van der Waals surface area contributed by atoms with Gasteiger partial charge in [0.15, 0.2) is 11.1 Å². The molecule has 0 aromatic carbocycles. The first-order valence-corrected chi connectivity index (χ1v) is 3.52. The van der Waals surface area contributed by atoms with Gasteiger partial charge in [0.2, 0.25) is 5.89 Å². The zero-order valence-corrected chi connectivity index (χ0v) is 5.30. The van der Waals surface area contributed by atoms with Crippen LogP contribution in [0.2, 0.25) is 0 Å². The van der Waals surface area contributed by atoms with Crippen molar-refractivity contribution in [2.24, 2.45) is 0 Å². The molecule has 50 valence electrons. The van der Waals surface area contributed by atoms with E-state index in [1.165, 1.54) is 12.5 Å². The van der Waals surface area contributed by atoms with Crippen molar-refractivity contribution in [1.29, 1.82) is 0 Å². The van der Waals surface area contributed by atoms with Crippen LogP contribution in [0.4, 0.5) is 0 Å². The van der Waals surface area contributed by atoms with E-state index in [-0.39, 0.29) is 11.6 Å². The molecule has 0 radical (unpaired) electrons. The van der Waals surface area contributed by atoms with Crippen molar-refractivity contribution in [3.63, 3.8) is 0 Å². The van der Waals surface area contributed by atoms with Crippen LogP contribution in [0.5, 0.6) is 0 Å². The summed E-state index contributed by atoms with van der Waals surface area (Å²) < 4.78 is 23.1. The number of nitrogens with zero attached hydrogens (tertiary/aromatic N) is 1.